The normalized spacial score (nSPS) is 21.6. The van der Waals surface area contributed by atoms with Gasteiger partial charge in [0.05, 0.1) is 17.6 Å². The first-order chi connectivity index (χ1) is 9.65. The van der Waals surface area contributed by atoms with Crippen LogP contribution in [0.15, 0.2) is 18.2 Å². The number of H-pyrrole nitrogens is 1. The topological polar surface area (TPSA) is 61.2 Å². The zero-order valence-electron chi connectivity index (χ0n) is 12.3. The Hall–Kier alpha value is -1.59. The largest absolute Gasteiger partial charge is 0.399 e. The molecule has 0 aliphatic carbocycles. The van der Waals surface area contributed by atoms with Crippen LogP contribution in [0.25, 0.3) is 11.0 Å². The van der Waals surface area contributed by atoms with E-state index in [0.717, 1.165) is 55.3 Å². The number of anilines is 1. The number of nitrogen functional groups attached to an aromatic ring is 1. The molecule has 0 radical (unpaired) electrons. The molecule has 20 heavy (non-hydrogen) atoms. The van der Waals surface area contributed by atoms with Gasteiger partial charge in [0.15, 0.2) is 0 Å². The molecule has 1 fully saturated rings. The van der Waals surface area contributed by atoms with E-state index in [4.69, 9.17) is 5.73 Å². The second-order valence-corrected chi connectivity index (χ2v) is 5.67. The van der Waals surface area contributed by atoms with Crippen molar-refractivity contribution in [1.82, 2.24) is 19.8 Å². The lowest BCUT2D eigenvalue weighted by atomic mass is 10.2. The van der Waals surface area contributed by atoms with Gasteiger partial charge in [-0.2, -0.15) is 0 Å². The van der Waals surface area contributed by atoms with Gasteiger partial charge in [-0.15, -0.1) is 0 Å². The summed E-state index contributed by atoms with van der Waals surface area (Å²) in [4.78, 5) is 13.0. The first kappa shape index (κ1) is 13.4. The molecule has 0 saturated carbocycles. The van der Waals surface area contributed by atoms with Crippen molar-refractivity contribution >= 4 is 16.7 Å². The second-order valence-electron chi connectivity index (χ2n) is 5.67. The van der Waals surface area contributed by atoms with Crippen LogP contribution in [0.5, 0.6) is 0 Å². The van der Waals surface area contributed by atoms with Gasteiger partial charge in [0.1, 0.15) is 5.82 Å². The van der Waals surface area contributed by atoms with Gasteiger partial charge in [0.25, 0.3) is 0 Å². The van der Waals surface area contributed by atoms with Gasteiger partial charge < -0.3 is 10.7 Å². The minimum atomic E-state index is 0.619. The summed E-state index contributed by atoms with van der Waals surface area (Å²) in [6, 6.07) is 6.44. The number of rotatable bonds is 3. The van der Waals surface area contributed by atoms with Crippen LogP contribution in [0.2, 0.25) is 0 Å². The first-order valence-corrected chi connectivity index (χ1v) is 7.36. The molecule has 1 unspecified atom stereocenters. The third-order valence-corrected chi connectivity index (χ3v) is 4.18. The van der Waals surface area contributed by atoms with Crippen molar-refractivity contribution in [3.8, 4) is 0 Å². The molecule has 2 aromatic rings. The summed E-state index contributed by atoms with van der Waals surface area (Å²) in [6.07, 6.45) is 0. The van der Waals surface area contributed by atoms with Crippen LogP contribution in [-0.2, 0) is 6.54 Å². The van der Waals surface area contributed by atoms with Crippen LogP contribution >= 0.6 is 0 Å². The number of nitrogens with one attached hydrogen (secondary N) is 1. The Balaban J connectivity index is 1.70. The fraction of sp³-hybridized carbons (Fsp3) is 0.533. The summed E-state index contributed by atoms with van der Waals surface area (Å²) in [5, 5.41) is 0. The van der Waals surface area contributed by atoms with Gasteiger partial charge in [-0.3, -0.25) is 9.80 Å². The third-order valence-electron chi connectivity index (χ3n) is 4.18. The molecule has 0 spiro atoms. The van der Waals surface area contributed by atoms with Crippen molar-refractivity contribution in [1.29, 1.82) is 0 Å². The van der Waals surface area contributed by atoms with Crippen molar-refractivity contribution in [2.24, 2.45) is 0 Å². The zero-order valence-corrected chi connectivity index (χ0v) is 12.3. The average molecular weight is 273 g/mol. The standard InChI is InChI=1S/C15H23N5/c1-3-20-7-6-19(9-11(20)2)10-15-17-13-5-4-12(16)8-14(13)18-15/h4-5,8,11H,3,6-7,9-10,16H2,1-2H3,(H,17,18). The molecule has 3 N–H and O–H groups in total. The van der Waals surface area contributed by atoms with E-state index in [-0.39, 0.29) is 0 Å². The fourth-order valence-electron chi connectivity index (χ4n) is 3.05. The van der Waals surface area contributed by atoms with Crippen LogP contribution < -0.4 is 5.73 Å². The van der Waals surface area contributed by atoms with Crippen molar-refractivity contribution < 1.29 is 0 Å². The Morgan fingerprint density at radius 2 is 2.25 bits per heavy atom. The number of nitrogens with two attached hydrogens (primary N) is 1. The monoisotopic (exact) mass is 273 g/mol. The number of aromatic nitrogens is 2. The lowest BCUT2D eigenvalue weighted by Gasteiger charge is -2.38. The Labute approximate surface area is 119 Å². The highest BCUT2D eigenvalue weighted by atomic mass is 15.3. The number of likely N-dealkylation sites (N-methyl/N-ethyl adjacent to an activating group) is 1. The molecular weight excluding hydrogens is 250 g/mol. The molecule has 0 bridgehead atoms. The van der Waals surface area contributed by atoms with Gasteiger partial charge in [0.2, 0.25) is 0 Å². The van der Waals surface area contributed by atoms with Crippen LogP contribution in [0, 0.1) is 0 Å². The number of piperazine rings is 1. The Morgan fingerprint density at radius 1 is 1.40 bits per heavy atom. The average Bonchev–Trinajstić information content (AvgIpc) is 2.80. The Morgan fingerprint density at radius 3 is 3.00 bits per heavy atom. The first-order valence-electron chi connectivity index (χ1n) is 7.36. The predicted molar refractivity (Wildman–Crippen MR) is 82.5 cm³/mol. The summed E-state index contributed by atoms with van der Waals surface area (Å²) in [5.74, 6) is 1.03. The van der Waals surface area contributed by atoms with Crippen molar-refractivity contribution in [2.75, 3.05) is 31.9 Å². The quantitative estimate of drug-likeness (QED) is 0.835. The molecule has 1 aromatic carbocycles. The highest BCUT2D eigenvalue weighted by Crippen LogP contribution is 2.17. The summed E-state index contributed by atoms with van der Waals surface area (Å²) in [6.45, 7) is 9.91. The third kappa shape index (κ3) is 2.64. The SMILES string of the molecule is CCN1CCN(Cc2nc3ccc(N)cc3[nH]2)CC1C. The highest BCUT2D eigenvalue weighted by Gasteiger charge is 2.22. The van der Waals surface area contributed by atoms with E-state index < -0.39 is 0 Å². The number of hydrogen-bond donors (Lipinski definition) is 2. The van der Waals surface area contributed by atoms with Crippen molar-refractivity contribution in [3.63, 3.8) is 0 Å². The second kappa shape index (κ2) is 5.42. The van der Waals surface area contributed by atoms with E-state index in [1.54, 1.807) is 0 Å². The lowest BCUT2D eigenvalue weighted by molar-refractivity contribution is 0.0820. The molecule has 108 valence electrons. The smallest absolute Gasteiger partial charge is 0.121 e. The molecule has 1 aliphatic rings. The highest BCUT2D eigenvalue weighted by molar-refractivity contribution is 5.78. The number of nitrogens with zero attached hydrogens (tertiary/aromatic N) is 3. The van der Waals surface area contributed by atoms with Gasteiger partial charge in [-0.1, -0.05) is 6.92 Å². The van der Waals surface area contributed by atoms with Gasteiger partial charge in [0, 0.05) is 31.4 Å². The van der Waals surface area contributed by atoms with Crippen LogP contribution in [0.1, 0.15) is 19.7 Å². The molecule has 0 amide bonds. The fourth-order valence-corrected chi connectivity index (χ4v) is 3.05. The molecule has 1 aromatic heterocycles. The minimum absolute atomic E-state index is 0.619. The number of fused-ring (bicyclic) bond motifs is 1. The number of hydrogen-bond acceptors (Lipinski definition) is 4. The maximum atomic E-state index is 5.80. The Kier molecular flexibility index (Phi) is 3.63. The molecule has 5 nitrogen and oxygen atoms in total. The van der Waals surface area contributed by atoms with Crippen molar-refractivity contribution in [3.05, 3.63) is 24.0 Å². The van der Waals surface area contributed by atoms with E-state index >= 15 is 0 Å². The molecular formula is C15H23N5. The molecule has 1 atom stereocenters. The molecule has 5 heteroatoms. The number of aromatic amines is 1. The molecule has 3 rings (SSSR count). The molecule has 1 aliphatic heterocycles. The van der Waals surface area contributed by atoms with E-state index in [1.165, 1.54) is 0 Å². The summed E-state index contributed by atoms with van der Waals surface area (Å²) >= 11 is 0. The van der Waals surface area contributed by atoms with Gasteiger partial charge >= 0.3 is 0 Å². The van der Waals surface area contributed by atoms with Crippen molar-refractivity contribution in [2.45, 2.75) is 26.4 Å². The number of imidazole rings is 1. The van der Waals surface area contributed by atoms with Gasteiger partial charge in [-0.05, 0) is 31.7 Å². The van der Waals surface area contributed by atoms with Crippen LogP contribution in [-0.4, -0.2) is 52.0 Å². The number of benzene rings is 1. The van der Waals surface area contributed by atoms with Crippen LogP contribution in [0.4, 0.5) is 5.69 Å². The van der Waals surface area contributed by atoms with Crippen LogP contribution in [0.3, 0.4) is 0 Å². The minimum Gasteiger partial charge on any atom is -0.399 e. The Bertz CT molecular complexity index is 591. The van der Waals surface area contributed by atoms with E-state index in [9.17, 15) is 0 Å². The maximum Gasteiger partial charge on any atom is 0.121 e. The van der Waals surface area contributed by atoms with E-state index in [1.807, 2.05) is 18.2 Å². The molecule has 2 heterocycles. The lowest BCUT2D eigenvalue weighted by Crippen LogP contribution is -2.51. The maximum absolute atomic E-state index is 5.80. The summed E-state index contributed by atoms with van der Waals surface area (Å²) in [5.41, 5.74) is 8.60. The zero-order chi connectivity index (χ0) is 14.1. The summed E-state index contributed by atoms with van der Waals surface area (Å²) < 4.78 is 0. The van der Waals surface area contributed by atoms with E-state index in [2.05, 4.69) is 33.6 Å². The predicted octanol–water partition coefficient (Wildman–Crippen LogP) is 1.67. The summed E-state index contributed by atoms with van der Waals surface area (Å²) in [7, 11) is 0. The van der Waals surface area contributed by atoms with Gasteiger partial charge in [-0.25, -0.2) is 4.98 Å². The molecule has 1 saturated heterocycles. The van der Waals surface area contributed by atoms with E-state index in [0.29, 0.717) is 6.04 Å².